The summed E-state index contributed by atoms with van der Waals surface area (Å²) >= 11 is 1.63. The standard InChI is InChI=1S/C19H18N4OS/c1-22(11-14-7-9-25-13-14)19(24)17-10-16(20-21-17)12-23-8-6-15-4-2-3-5-18(15)23/h2-10,13H,11-12H2,1H3,(H,20,21). The molecule has 0 atom stereocenters. The zero-order chi connectivity index (χ0) is 17.2. The Balaban J connectivity index is 1.49. The van der Waals surface area contributed by atoms with Gasteiger partial charge in [0.2, 0.25) is 0 Å². The average molecular weight is 350 g/mol. The molecule has 5 nitrogen and oxygen atoms in total. The largest absolute Gasteiger partial charge is 0.341 e. The summed E-state index contributed by atoms with van der Waals surface area (Å²) in [6, 6.07) is 14.2. The second-order valence-electron chi connectivity index (χ2n) is 6.07. The maximum Gasteiger partial charge on any atom is 0.274 e. The molecule has 0 aliphatic rings. The van der Waals surface area contributed by atoms with Gasteiger partial charge in [-0.15, -0.1) is 0 Å². The van der Waals surface area contributed by atoms with Crippen molar-refractivity contribution in [2.45, 2.75) is 13.1 Å². The van der Waals surface area contributed by atoms with Crippen LogP contribution >= 0.6 is 11.3 Å². The predicted octanol–water partition coefficient (Wildman–Crippen LogP) is 3.75. The summed E-state index contributed by atoms with van der Waals surface area (Å²) in [5.41, 5.74) is 3.66. The van der Waals surface area contributed by atoms with Crippen molar-refractivity contribution in [3.05, 3.63) is 76.4 Å². The maximum absolute atomic E-state index is 12.5. The molecule has 1 aromatic carbocycles. The van der Waals surface area contributed by atoms with E-state index in [0.29, 0.717) is 18.8 Å². The lowest BCUT2D eigenvalue weighted by Crippen LogP contribution is -2.26. The van der Waals surface area contributed by atoms with E-state index in [1.54, 1.807) is 23.3 Å². The van der Waals surface area contributed by atoms with E-state index in [2.05, 4.69) is 44.5 Å². The summed E-state index contributed by atoms with van der Waals surface area (Å²) in [5, 5.41) is 12.5. The fraction of sp³-hybridized carbons (Fsp3) is 0.158. The van der Waals surface area contributed by atoms with E-state index in [1.807, 2.05) is 29.6 Å². The molecule has 4 rings (SSSR count). The monoisotopic (exact) mass is 350 g/mol. The highest BCUT2D eigenvalue weighted by Gasteiger charge is 2.16. The first-order valence-corrected chi connectivity index (χ1v) is 9.00. The number of carbonyl (C=O) groups excluding carboxylic acids is 1. The van der Waals surface area contributed by atoms with Gasteiger partial charge in [-0.05, 0) is 46.0 Å². The molecule has 25 heavy (non-hydrogen) atoms. The van der Waals surface area contributed by atoms with Crippen LogP contribution in [0.2, 0.25) is 0 Å². The molecule has 0 unspecified atom stereocenters. The van der Waals surface area contributed by atoms with Crippen molar-refractivity contribution in [3.63, 3.8) is 0 Å². The van der Waals surface area contributed by atoms with E-state index in [1.165, 1.54) is 10.9 Å². The average Bonchev–Trinajstić information content (AvgIpc) is 3.36. The Morgan fingerprint density at radius 3 is 3.00 bits per heavy atom. The Bertz CT molecular complexity index is 999. The highest BCUT2D eigenvalue weighted by Crippen LogP contribution is 2.17. The molecule has 1 N–H and O–H groups in total. The molecule has 0 saturated heterocycles. The van der Waals surface area contributed by atoms with Crippen LogP contribution in [0.1, 0.15) is 21.7 Å². The topological polar surface area (TPSA) is 53.9 Å². The number of aromatic amines is 1. The van der Waals surface area contributed by atoms with Gasteiger partial charge in [0, 0.05) is 25.3 Å². The lowest BCUT2D eigenvalue weighted by Gasteiger charge is -2.14. The second kappa shape index (κ2) is 6.57. The van der Waals surface area contributed by atoms with Crippen LogP contribution in [0.4, 0.5) is 0 Å². The third-order valence-corrected chi connectivity index (χ3v) is 4.95. The van der Waals surface area contributed by atoms with Crippen molar-refractivity contribution >= 4 is 28.1 Å². The summed E-state index contributed by atoms with van der Waals surface area (Å²) in [7, 11) is 1.80. The second-order valence-corrected chi connectivity index (χ2v) is 6.85. The number of nitrogens with one attached hydrogen (secondary N) is 1. The summed E-state index contributed by atoms with van der Waals surface area (Å²) in [5.74, 6) is -0.0777. The van der Waals surface area contributed by atoms with Crippen LogP contribution in [0.15, 0.2) is 59.4 Å². The minimum Gasteiger partial charge on any atom is -0.341 e. The van der Waals surface area contributed by atoms with E-state index in [-0.39, 0.29) is 5.91 Å². The van der Waals surface area contributed by atoms with Gasteiger partial charge >= 0.3 is 0 Å². The minimum absolute atomic E-state index is 0.0777. The van der Waals surface area contributed by atoms with Crippen LogP contribution in [0, 0.1) is 0 Å². The van der Waals surface area contributed by atoms with Gasteiger partial charge in [-0.3, -0.25) is 9.89 Å². The smallest absolute Gasteiger partial charge is 0.274 e. The molecule has 6 heteroatoms. The number of para-hydroxylation sites is 1. The highest BCUT2D eigenvalue weighted by atomic mass is 32.1. The van der Waals surface area contributed by atoms with Crippen molar-refractivity contribution < 1.29 is 4.79 Å². The Hall–Kier alpha value is -2.86. The Labute approximate surface area is 149 Å². The third-order valence-electron chi connectivity index (χ3n) is 4.22. The van der Waals surface area contributed by atoms with E-state index in [9.17, 15) is 4.79 Å². The van der Waals surface area contributed by atoms with Crippen LogP contribution in [0.5, 0.6) is 0 Å². The molecule has 3 heterocycles. The fourth-order valence-corrected chi connectivity index (χ4v) is 3.60. The summed E-state index contributed by atoms with van der Waals surface area (Å²) in [4.78, 5) is 14.2. The van der Waals surface area contributed by atoms with Crippen molar-refractivity contribution in [2.24, 2.45) is 0 Å². The van der Waals surface area contributed by atoms with E-state index < -0.39 is 0 Å². The van der Waals surface area contributed by atoms with Gasteiger partial charge in [0.1, 0.15) is 5.69 Å². The lowest BCUT2D eigenvalue weighted by atomic mass is 10.2. The van der Waals surface area contributed by atoms with Crippen LogP contribution in [-0.4, -0.2) is 32.6 Å². The van der Waals surface area contributed by atoms with Crippen molar-refractivity contribution in [1.29, 1.82) is 0 Å². The van der Waals surface area contributed by atoms with Crippen LogP contribution < -0.4 is 0 Å². The van der Waals surface area contributed by atoms with Gasteiger partial charge in [-0.1, -0.05) is 18.2 Å². The van der Waals surface area contributed by atoms with Crippen molar-refractivity contribution in [3.8, 4) is 0 Å². The number of aromatic nitrogens is 3. The van der Waals surface area contributed by atoms with Crippen LogP contribution in [0.3, 0.4) is 0 Å². The molecule has 0 bridgehead atoms. The molecule has 4 aromatic rings. The molecule has 0 aliphatic heterocycles. The zero-order valence-corrected chi connectivity index (χ0v) is 14.7. The number of benzene rings is 1. The number of nitrogens with zero attached hydrogens (tertiary/aromatic N) is 3. The van der Waals surface area contributed by atoms with Crippen LogP contribution in [0.25, 0.3) is 10.9 Å². The number of H-pyrrole nitrogens is 1. The Morgan fingerprint density at radius 1 is 1.28 bits per heavy atom. The summed E-state index contributed by atoms with van der Waals surface area (Å²) < 4.78 is 2.15. The molecule has 3 aromatic heterocycles. The normalized spacial score (nSPS) is 11.1. The molecule has 0 aliphatic carbocycles. The first-order chi connectivity index (χ1) is 12.2. The van der Waals surface area contributed by atoms with Gasteiger partial charge < -0.3 is 9.47 Å². The maximum atomic E-state index is 12.5. The van der Waals surface area contributed by atoms with Gasteiger partial charge in [0.25, 0.3) is 5.91 Å². The molecule has 0 radical (unpaired) electrons. The number of amides is 1. The number of fused-ring (bicyclic) bond motifs is 1. The van der Waals surface area contributed by atoms with Crippen LogP contribution in [-0.2, 0) is 13.1 Å². The molecule has 0 fully saturated rings. The third kappa shape index (κ3) is 3.21. The molecule has 126 valence electrons. The SMILES string of the molecule is CN(Cc1ccsc1)C(=O)c1cc(Cn2ccc3ccccc32)[nH]n1. The lowest BCUT2D eigenvalue weighted by molar-refractivity contribution is 0.0779. The molecule has 1 amide bonds. The van der Waals surface area contributed by atoms with Gasteiger partial charge in [0.05, 0.1) is 12.2 Å². The predicted molar refractivity (Wildman–Crippen MR) is 99.7 cm³/mol. The summed E-state index contributed by atoms with van der Waals surface area (Å²) in [6.07, 6.45) is 2.05. The van der Waals surface area contributed by atoms with Gasteiger partial charge in [-0.25, -0.2) is 0 Å². The number of thiophene rings is 1. The number of rotatable bonds is 5. The zero-order valence-electron chi connectivity index (χ0n) is 13.8. The minimum atomic E-state index is -0.0777. The van der Waals surface area contributed by atoms with E-state index >= 15 is 0 Å². The molecular weight excluding hydrogens is 332 g/mol. The Kier molecular flexibility index (Phi) is 4.11. The fourth-order valence-electron chi connectivity index (χ4n) is 2.94. The van der Waals surface area contributed by atoms with Crippen molar-refractivity contribution in [2.75, 3.05) is 7.05 Å². The highest BCUT2D eigenvalue weighted by molar-refractivity contribution is 7.07. The van der Waals surface area contributed by atoms with E-state index in [4.69, 9.17) is 0 Å². The number of hydrogen-bond acceptors (Lipinski definition) is 3. The van der Waals surface area contributed by atoms with Crippen molar-refractivity contribution in [1.82, 2.24) is 19.7 Å². The number of carbonyl (C=O) groups is 1. The van der Waals surface area contributed by atoms with Gasteiger partial charge in [0.15, 0.2) is 0 Å². The quantitative estimate of drug-likeness (QED) is 0.596. The molecular formula is C19H18N4OS. The number of hydrogen-bond donors (Lipinski definition) is 1. The first-order valence-electron chi connectivity index (χ1n) is 8.05. The molecule has 0 saturated carbocycles. The first kappa shape index (κ1) is 15.7. The van der Waals surface area contributed by atoms with Gasteiger partial charge in [-0.2, -0.15) is 16.4 Å². The summed E-state index contributed by atoms with van der Waals surface area (Å²) in [6.45, 7) is 1.24. The molecule has 0 spiro atoms. The van der Waals surface area contributed by atoms with E-state index in [0.717, 1.165) is 11.3 Å². The Morgan fingerprint density at radius 2 is 2.16 bits per heavy atom.